The first-order valence-corrected chi connectivity index (χ1v) is 5.20. The molecule has 0 bridgehead atoms. The van der Waals surface area contributed by atoms with Gasteiger partial charge >= 0.3 is 0 Å². The van der Waals surface area contributed by atoms with Crippen LogP contribution in [0.4, 0.5) is 5.95 Å². The van der Waals surface area contributed by atoms with Crippen molar-refractivity contribution in [2.75, 3.05) is 39.2 Å². The first kappa shape index (κ1) is 13.4. The fourth-order valence-corrected chi connectivity index (χ4v) is 1.10. The number of hydrogen-bond acceptors (Lipinski definition) is 6. The number of nitrogens with zero attached hydrogens (tertiary/aromatic N) is 3. The summed E-state index contributed by atoms with van der Waals surface area (Å²) in [5.74, 6) is -0.00839. The second-order valence-corrected chi connectivity index (χ2v) is 3.26. The molecule has 0 saturated heterocycles. The fourth-order valence-electron chi connectivity index (χ4n) is 1.10. The van der Waals surface area contributed by atoms with E-state index in [1.54, 1.807) is 7.11 Å². The van der Waals surface area contributed by atoms with Gasteiger partial charge in [0.15, 0.2) is 0 Å². The molecule has 0 aromatic carbocycles. The fraction of sp³-hybridized carbons (Fsp3) is 0.667. The number of aromatic nitrogens is 3. The normalized spacial score (nSPS) is 10.4. The predicted octanol–water partition coefficient (Wildman–Crippen LogP) is -1.36. The summed E-state index contributed by atoms with van der Waals surface area (Å²) in [6, 6.07) is 0. The highest BCUT2D eigenvalue weighted by Gasteiger charge is 2.03. The lowest BCUT2D eigenvalue weighted by atomic mass is 10.5. The van der Waals surface area contributed by atoms with Crippen LogP contribution in [-0.4, -0.2) is 54.1 Å². The van der Waals surface area contributed by atoms with Gasteiger partial charge in [-0.15, -0.1) is 5.10 Å². The van der Waals surface area contributed by atoms with Gasteiger partial charge in [-0.1, -0.05) is 0 Å². The van der Waals surface area contributed by atoms with E-state index in [2.05, 4.69) is 15.4 Å². The number of amides is 1. The van der Waals surface area contributed by atoms with Crippen molar-refractivity contribution in [1.29, 1.82) is 0 Å². The van der Waals surface area contributed by atoms with Crippen molar-refractivity contribution in [2.24, 2.45) is 0 Å². The number of nitrogen functional groups attached to an aromatic ring is 1. The van der Waals surface area contributed by atoms with Crippen LogP contribution in [0.5, 0.6) is 0 Å². The molecule has 0 fully saturated rings. The number of carbonyl (C=O) groups is 1. The molecule has 0 atom stereocenters. The summed E-state index contributed by atoms with van der Waals surface area (Å²) in [7, 11) is 1.61. The number of methoxy groups -OCH3 is 1. The van der Waals surface area contributed by atoms with Gasteiger partial charge in [0, 0.05) is 13.7 Å². The van der Waals surface area contributed by atoms with Crippen molar-refractivity contribution in [3.05, 3.63) is 6.33 Å². The van der Waals surface area contributed by atoms with Gasteiger partial charge in [0.25, 0.3) is 0 Å². The number of nitrogens with one attached hydrogen (secondary N) is 1. The highest BCUT2D eigenvalue weighted by Crippen LogP contribution is 1.88. The molecule has 0 radical (unpaired) electrons. The van der Waals surface area contributed by atoms with E-state index in [4.69, 9.17) is 15.2 Å². The second kappa shape index (κ2) is 7.58. The molecule has 0 aliphatic carbocycles. The lowest BCUT2D eigenvalue weighted by Gasteiger charge is -2.05. The van der Waals surface area contributed by atoms with Crippen LogP contribution in [-0.2, 0) is 20.8 Å². The molecular weight excluding hydrogens is 226 g/mol. The van der Waals surface area contributed by atoms with Crippen LogP contribution < -0.4 is 11.1 Å². The molecule has 96 valence electrons. The molecule has 1 amide bonds. The van der Waals surface area contributed by atoms with Crippen LogP contribution in [0.3, 0.4) is 0 Å². The number of rotatable bonds is 8. The van der Waals surface area contributed by atoms with Crippen LogP contribution in [0, 0.1) is 0 Å². The molecule has 3 N–H and O–H groups in total. The Morgan fingerprint density at radius 3 is 3.00 bits per heavy atom. The van der Waals surface area contributed by atoms with Crippen molar-refractivity contribution in [3.8, 4) is 0 Å². The van der Waals surface area contributed by atoms with E-state index in [-0.39, 0.29) is 18.4 Å². The summed E-state index contributed by atoms with van der Waals surface area (Å²) in [5.41, 5.74) is 5.32. The van der Waals surface area contributed by atoms with Crippen molar-refractivity contribution < 1.29 is 14.3 Å². The maximum Gasteiger partial charge on any atom is 0.241 e. The van der Waals surface area contributed by atoms with Crippen molar-refractivity contribution in [2.45, 2.75) is 6.54 Å². The van der Waals surface area contributed by atoms with Crippen molar-refractivity contribution in [1.82, 2.24) is 20.1 Å². The van der Waals surface area contributed by atoms with Gasteiger partial charge in [-0.2, -0.15) is 0 Å². The smallest absolute Gasteiger partial charge is 0.241 e. The second-order valence-electron chi connectivity index (χ2n) is 3.26. The molecule has 0 spiro atoms. The molecule has 1 rings (SSSR count). The Balaban J connectivity index is 2.05. The number of anilines is 1. The lowest BCUT2D eigenvalue weighted by Crippen LogP contribution is -2.31. The Kier molecular flexibility index (Phi) is 5.97. The summed E-state index contributed by atoms with van der Waals surface area (Å²) in [5, 5.41) is 6.48. The van der Waals surface area contributed by atoms with Gasteiger partial charge in [0.05, 0.1) is 19.8 Å². The van der Waals surface area contributed by atoms with Crippen LogP contribution in [0.25, 0.3) is 0 Å². The summed E-state index contributed by atoms with van der Waals surface area (Å²) in [6.45, 7) is 2.07. The molecule has 1 aromatic rings. The molecule has 0 saturated carbocycles. The first-order chi connectivity index (χ1) is 8.22. The Labute approximate surface area is 99.1 Å². The molecule has 17 heavy (non-hydrogen) atoms. The Morgan fingerprint density at radius 2 is 2.35 bits per heavy atom. The van der Waals surface area contributed by atoms with E-state index in [0.717, 1.165) is 0 Å². The Morgan fingerprint density at radius 1 is 1.53 bits per heavy atom. The summed E-state index contributed by atoms with van der Waals surface area (Å²) in [6.07, 6.45) is 1.41. The molecular formula is C9H17N5O3. The molecule has 8 nitrogen and oxygen atoms in total. The highest BCUT2D eigenvalue weighted by molar-refractivity contribution is 5.75. The minimum absolute atomic E-state index is 0.0995. The zero-order valence-corrected chi connectivity index (χ0v) is 9.76. The average molecular weight is 243 g/mol. The number of hydrogen-bond donors (Lipinski definition) is 2. The molecule has 0 aliphatic heterocycles. The SMILES string of the molecule is COCCOCCNC(=O)Cn1cnc(N)n1. The number of nitrogens with two attached hydrogens (primary N) is 1. The van der Waals surface area contributed by atoms with Gasteiger partial charge in [-0.05, 0) is 0 Å². The van der Waals surface area contributed by atoms with Gasteiger partial charge in [0.2, 0.25) is 11.9 Å². The zero-order chi connectivity index (χ0) is 12.5. The maximum atomic E-state index is 11.4. The molecule has 0 aliphatic rings. The lowest BCUT2D eigenvalue weighted by molar-refractivity contribution is -0.122. The van der Waals surface area contributed by atoms with Crippen molar-refractivity contribution in [3.63, 3.8) is 0 Å². The highest BCUT2D eigenvalue weighted by atomic mass is 16.5. The molecule has 0 unspecified atom stereocenters. The van der Waals surface area contributed by atoms with Gasteiger partial charge in [0.1, 0.15) is 12.9 Å². The molecule has 1 heterocycles. The Bertz CT molecular complexity index is 341. The third kappa shape index (κ3) is 5.83. The third-order valence-corrected chi connectivity index (χ3v) is 1.86. The topological polar surface area (TPSA) is 104 Å². The number of carbonyl (C=O) groups excluding carboxylic acids is 1. The minimum atomic E-state index is -0.162. The van der Waals surface area contributed by atoms with E-state index in [1.165, 1.54) is 11.0 Å². The van der Waals surface area contributed by atoms with Crippen LogP contribution in [0.1, 0.15) is 0 Å². The van der Waals surface area contributed by atoms with Crippen LogP contribution in [0.15, 0.2) is 6.33 Å². The minimum Gasteiger partial charge on any atom is -0.382 e. The van der Waals surface area contributed by atoms with Crippen molar-refractivity contribution >= 4 is 11.9 Å². The monoisotopic (exact) mass is 243 g/mol. The number of ether oxygens (including phenoxy) is 2. The van der Waals surface area contributed by atoms with Crippen LogP contribution >= 0.6 is 0 Å². The Hall–Kier alpha value is -1.67. The summed E-state index contributed by atoms with van der Waals surface area (Å²) < 4.78 is 11.4. The standard InChI is InChI=1S/C9H17N5O3/c1-16-4-5-17-3-2-11-8(15)6-14-7-12-9(10)13-14/h7H,2-6H2,1H3,(H2,10,13)(H,11,15). The predicted molar refractivity (Wildman–Crippen MR) is 60.1 cm³/mol. The van der Waals surface area contributed by atoms with E-state index in [1.807, 2.05) is 0 Å². The zero-order valence-electron chi connectivity index (χ0n) is 9.76. The van der Waals surface area contributed by atoms with Crippen LogP contribution in [0.2, 0.25) is 0 Å². The molecule has 8 heteroatoms. The van der Waals surface area contributed by atoms with Gasteiger partial charge in [-0.25, -0.2) is 9.67 Å². The van der Waals surface area contributed by atoms with E-state index < -0.39 is 0 Å². The largest absolute Gasteiger partial charge is 0.382 e. The summed E-state index contributed by atoms with van der Waals surface area (Å²) in [4.78, 5) is 15.1. The molecule has 1 aromatic heterocycles. The quantitative estimate of drug-likeness (QED) is 0.546. The van der Waals surface area contributed by atoms with Gasteiger partial charge < -0.3 is 20.5 Å². The van der Waals surface area contributed by atoms with E-state index in [9.17, 15) is 4.79 Å². The average Bonchev–Trinajstić information content (AvgIpc) is 2.69. The third-order valence-electron chi connectivity index (χ3n) is 1.86. The van der Waals surface area contributed by atoms with E-state index in [0.29, 0.717) is 26.4 Å². The maximum absolute atomic E-state index is 11.4. The first-order valence-electron chi connectivity index (χ1n) is 5.20. The van der Waals surface area contributed by atoms with Gasteiger partial charge in [-0.3, -0.25) is 4.79 Å². The van der Waals surface area contributed by atoms with E-state index >= 15 is 0 Å². The summed E-state index contributed by atoms with van der Waals surface area (Å²) >= 11 is 0.